The minimum Gasteiger partial charge on any atom is 2.00 e. The van der Waals surface area contributed by atoms with Crippen molar-refractivity contribution in [1.82, 2.24) is 0 Å². The minimum atomic E-state index is -4.20. The van der Waals surface area contributed by atoms with E-state index in [2.05, 4.69) is 0 Å². The summed E-state index contributed by atoms with van der Waals surface area (Å²) in [6.45, 7) is 0. The van der Waals surface area contributed by atoms with Gasteiger partial charge in [0.1, 0.15) is 0 Å². The van der Waals surface area contributed by atoms with E-state index >= 15 is 0 Å². The molecule has 0 atom stereocenters. The van der Waals surface area contributed by atoms with Crippen molar-refractivity contribution >= 4 is 27.3 Å². The normalized spacial score (nSPS) is 5.56. The summed E-state index contributed by atoms with van der Waals surface area (Å²) in [6, 6.07) is 0. The summed E-state index contributed by atoms with van der Waals surface area (Å²) in [5.41, 5.74) is 0. The van der Waals surface area contributed by atoms with Gasteiger partial charge < -0.3 is 0 Å². The zero-order valence-corrected chi connectivity index (χ0v) is 21.4. The molecule has 103 valence electrons. The van der Waals surface area contributed by atoms with Crippen molar-refractivity contribution in [3.05, 3.63) is 0 Å². The van der Waals surface area contributed by atoms with Crippen LogP contribution in [0.15, 0.2) is 0 Å². The van der Waals surface area contributed by atoms with Crippen LogP contribution in [0.25, 0.3) is 0 Å². The van der Waals surface area contributed by atoms with E-state index in [-0.39, 0.29) is 44.4 Å². The molecule has 12 nitrogen and oxygen atoms in total. The van der Waals surface area contributed by atoms with E-state index in [4.69, 9.17) is 40.5 Å². The quantitative estimate of drug-likeness (QED) is 0.208. The van der Waals surface area contributed by atoms with Crippen molar-refractivity contribution in [2.45, 2.75) is 0 Å². The van der Waals surface area contributed by atoms with E-state index in [1.54, 1.807) is 0 Å². The fraction of sp³-hybridized carbons (Fsp3) is 0. The molecule has 0 aromatic carbocycles. The summed E-state index contributed by atoms with van der Waals surface area (Å²) in [5.74, 6) is 0. The van der Waals surface area contributed by atoms with Crippen LogP contribution in [0.2, 0.25) is 0 Å². The molecule has 0 aliphatic heterocycles. The maximum absolute atomic E-state index is 8.60. The first kappa shape index (κ1) is 37.1. The van der Waals surface area contributed by atoms with Crippen molar-refractivity contribution in [1.29, 1.82) is 0 Å². The van der Waals surface area contributed by atoms with Crippen LogP contribution in [0.4, 0.5) is 0 Å². The van der Waals surface area contributed by atoms with Crippen LogP contribution in [0.5, 0.6) is 0 Å². The van der Waals surface area contributed by atoms with Crippen LogP contribution < -0.4 is 14.5 Å². The Morgan fingerprint density at radius 3 is 0.444 bits per heavy atom. The van der Waals surface area contributed by atoms with Gasteiger partial charge in [0, 0.05) is 0 Å². The second-order valence-electron chi connectivity index (χ2n) is 0.894. The van der Waals surface area contributed by atoms with E-state index in [9.17, 15) is 0 Å². The third kappa shape index (κ3) is 831. The molecule has 18 heavy (non-hydrogen) atoms. The first-order valence-corrected chi connectivity index (χ1v) is 13.0. The molecule has 0 aliphatic carbocycles. The van der Waals surface area contributed by atoms with Crippen LogP contribution in [0.1, 0.15) is 0 Å². The fourth-order valence-electron chi connectivity index (χ4n) is 0. The Morgan fingerprint density at radius 2 is 0.444 bits per heavy atom. The molecule has 0 amide bonds. The molecule has 0 N–H and O–H groups in total. The van der Waals surface area contributed by atoms with Crippen molar-refractivity contribution in [3.8, 4) is 0 Å². The Hall–Kier alpha value is 2.64. The van der Waals surface area contributed by atoms with Gasteiger partial charge in [-0.1, -0.05) is 0 Å². The molecule has 0 unspecified atom stereocenters. The average Bonchev–Trinajstić information content (AvgIpc) is 1.76. The first-order chi connectivity index (χ1) is 6.93. The number of hydrogen-bond acceptors (Lipinski definition) is 12. The van der Waals surface area contributed by atoms with E-state index in [0.29, 0.717) is 0 Å². The molecule has 0 rings (SSSR count). The minimum absolute atomic E-state index is 0. The molecule has 0 saturated carbocycles. The molecule has 0 aromatic heterocycles. The van der Waals surface area contributed by atoms with Crippen LogP contribution >= 0.6 is 0 Å². The topological polar surface area (TPSA) is 229 Å². The van der Waals surface area contributed by atoms with Gasteiger partial charge in [-0.2, -0.15) is 0 Å². The van der Waals surface area contributed by atoms with Gasteiger partial charge in [-0.05, 0) is 0 Å². The average molecular weight is 826 g/mol. The third-order valence-corrected chi connectivity index (χ3v) is 0. The summed E-state index contributed by atoms with van der Waals surface area (Å²) in [4.78, 5) is 0. The molecule has 18 heteroatoms. The zero-order chi connectivity index (χ0) is 14.3. The van der Waals surface area contributed by atoms with Gasteiger partial charge in [0.15, 0.2) is 0 Å². The summed E-state index contributed by atoms with van der Waals surface area (Å²) in [7, 11) is 0. The summed E-state index contributed by atoms with van der Waals surface area (Å²) in [5, 5.41) is 0. The van der Waals surface area contributed by atoms with E-state index in [0.717, 1.165) is 0 Å². The van der Waals surface area contributed by atoms with Gasteiger partial charge in [0.25, 0.3) is 0 Å². The van der Waals surface area contributed by atoms with Crippen LogP contribution in [-0.4, -0.2) is 27.3 Å². The van der Waals surface area contributed by atoms with Gasteiger partial charge in [-0.25, -0.2) is 0 Å². The van der Waals surface area contributed by atoms with Crippen molar-refractivity contribution in [3.63, 3.8) is 0 Å². The standard InChI is InChI=1S/Mn.4Nb.12O.Pb/q+2;;;;;;;;;;;;;4*-1;+2. The number of rotatable bonds is 0. The molecular formula is MnNb4O12Pb. The van der Waals surface area contributed by atoms with E-state index < -0.39 is 75.1 Å². The molecule has 0 aromatic rings. The smallest absolute Gasteiger partial charge is 2.00 e. The summed E-state index contributed by atoms with van der Waals surface area (Å²) >= 11 is -16.8. The van der Waals surface area contributed by atoms with Gasteiger partial charge in [0.05, 0.1) is 0 Å². The Balaban J connectivity index is -0.0000000257. The van der Waals surface area contributed by atoms with Crippen LogP contribution in [0.3, 0.4) is 0 Å². The monoisotopic (exact) mass is 826 g/mol. The predicted molar refractivity (Wildman–Crippen MR) is 11.2 cm³/mol. The van der Waals surface area contributed by atoms with E-state index in [1.165, 1.54) is 0 Å². The van der Waals surface area contributed by atoms with Gasteiger partial charge in [0.2, 0.25) is 0 Å². The molecular weight excluding hydrogens is 826 g/mol. The molecule has 0 fully saturated rings. The SMILES string of the molecule is [Mn+2].[O]=[Nb](=[O])[O-].[O]=[Nb](=[O])[O-].[O]=[Nb](=[O])[O-].[O]=[Nb](=[O])[O-].[Pb+2]. The van der Waals surface area contributed by atoms with Gasteiger partial charge in [-0.3, -0.25) is 0 Å². The van der Waals surface area contributed by atoms with Crippen molar-refractivity contribution < 1.29 is 133 Å². The fourth-order valence-corrected chi connectivity index (χ4v) is 0. The molecule has 0 aliphatic rings. The van der Waals surface area contributed by atoms with E-state index in [1.807, 2.05) is 0 Å². The molecule has 3 radical (unpaired) electrons. The second-order valence-corrected chi connectivity index (χ2v) is 5.29. The Bertz CT molecular complexity index is 298. The molecule has 0 bridgehead atoms. The summed E-state index contributed by atoms with van der Waals surface area (Å²) < 4.78 is 103. The predicted octanol–water partition coefficient (Wildman–Crippen LogP) is -6.10. The molecule has 0 heterocycles. The first-order valence-electron chi connectivity index (χ1n) is 2.19. The largest absolute Gasteiger partial charge is 2.00 e. The third-order valence-electron chi connectivity index (χ3n) is 0. The Kier molecular flexibility index (Phi) is 65.7. The van der Waals surface area contributed by atoms with Crippen LogP contribution in [-0.2, 0) is 118 Å². The number of hydrogen-bond donors (Lipinski definition) is 0. The Morgan fingerprint density at radius 1 is 0.444 bits per heavy atom. The maximum Gasteiger partial charge on any atom is 2.00 e. The van der Waals surface area contributed by atoms with Crippen molar-refractivity contribution in [2.75, 3.05) is 0 Å². The Labute approximate surface area is 157 Å². The van der Waals surface area contributed by atoms with Crippen molar-refractivity contribution in [2.24, 2.45) is 0 Å². The maximum atomic E-state index is 8.60. The van der Waals surface area contributed by atoms with Crippen LogP contribution in [0, 0.1) is 0 Å². The molecule has 0 saturated heterocycles. The zero-order valence-electron chi connectivity index (χ0n) is 7.57. The van der Waals surface area contributed by atoms with Gasteiger partial charge >= 0.3 is 160 Å². The second kappa shape index (κ2) is 31.8. The van der Waals surface area contributed by atoms with Gasteiger partial charge in [-0.15, -0.1) is 0 Å². The summed E-state index contributed by atoms with van der Waals surface area (Å²) in [6.07, 6.45) is 0. The molecule has 0 spiro atoms.